The van der Waals surface area contributed by atoms with Crippen LogP contribution in [0.5, 0.6) is 0 Å². The highest BCUT2D eigenvalue weighted by Gasteiger charge is 2.20. The monoisotopic (exact) mass is 316 g/mol. The minimum atomic E-state index is 0.536. The molecule has 0 spiro atoms. The van der Waals surface area contributed by atoms with Gasteiger partial charge in [0.1, 0.15) is 27.0 Å². The fourth-order valence-corrected chi connectivity index (χ4v) is 3.15. The third kappa shape index (κ3) is 2.73. The number of morpholine rings is 1. The number of hydrogen-bond acceptors (Lipinski definition) is 6. The number of aliphatic imine (C=N–C) groups is 1. The Morgan fingerprint density at radius 1 is 1.36 bits per heavy atom. The highest BCUT2D eigenvalue weighted by Crippen LogP contribution is 2.35. The number of guanidine groups is 1. The van der Waals surface area contributed by atoms with Gasteiger partial charge in [-0.2, -0.15) is 5.26 Å². The molecule has 1 fully saturated rings. The molecule has 1 aliphatic heterocycles. The highest BCUT2D eigenvalue weighted by atomic mass is 32.1. The first kappa shape index (κ1) is 14.7. The van der Waals surface area contributed by atoms with Crippen molar-refractivity contribution in [3.8, 4) is 6.07 Å². The first-order valence-electron chi connectivity index (χ1n) is 6.93. The van der Waals surface area contributed by atoms with Crippen LogP contribution < -0.4 is 0 Å². The zero-order valence-electron chi connectivity index (χ0n) is 12.5. The predicted octanol–water partition coefficient (Wildman–Crippen LogP) is 1.44. The molecule has 3 heterocycles. The largest absolute Gasteiger partial charge is 0.378 e. The summed E-state index contributed by atoms with van der Waals surface area (Å²) in [7, 11) is 3.89. The van der Waals surface area contributed by atoms with Crippen LogP contribution in [0.3, 0.4) is 0 Å². The molecule has 0 unspecified atom stereocenters. The van der Waals surface area contributed by atoms with Crippen LogP contribution in [-0.2, 0) is 4.74 Å². The number of nitriles is 1. The van der Waals surface area contributed by atoms with Crippen LogP contribution in [0, 0.1) is 11.3 Å². The van der Waals surface area contributed by atoms with E-state index in [1.165, 1.54) is 11.3 Å². The van der Waals surface area contributed by atoms with E-state index in [0.717, 1.165) is 23.9 Å². The molecule has 0 bridgehead atoms. The molecule has 0 N–H and O–H groups in total. The average molecular weight is 316 g/mol. The van der Waals surface area contributed by atoms with Gasteiger partial charge in [-0.3, -0.25) is 0 Å². The Hall–Kier alpha value is -2.24. The summed E-state index contributed by atoms with van der Waals surface area (Å²) in [5.74, 6) is 0.810. The third-order valence-electron chi connectivity index (χ3n) is 3.31. The number of aromatic nitrogens is 2. The summed E-state index contributed by atoms with van der Waals surface area (Å²) in [5, 5.41) is 9.37. The first-order chi connectivity index (χ1) is 10.7. The van der Waals surface area contributed by atoms with Gasteiger partial charge < -0.3 is 14.5 Å². The van der Waals surface area contributed by atoms with Gasteiger partial charge in [-0.15, -0.1) is 11.3 Å². The molecule has 0 amide bonds. The normalized spacial score (nSPS) is 15.9. The zero-order valence-corrected chi connectivity index (χ0v) is 13.3. The fraction of sp³-hybridized carbons (Fsp3) is 0.429. The Balaban J connectivity index is 2.09. The van der Waals surface area contributed by atoms with E-state index in [-0.39, 0.29) is 0 Å². The topological polar surface area (TPSA) is 77.6 Å². The van der Waals surface area contributed by atoms with E-state index in [1.54, 1.807) is 12.4 Å². The Kier molecular flexibility index (Phi) is 4.18. The lowest BCUT2D eigenvalue weighted by atomic mass is 10.3. The van der Waals surface area contributed by atoms with Gasteiger partial charge in [-0.05, 0) is 0 Å². The van der Waals surface area contributed by atoms with Gasteiger partial charge in [0, 0.05) is 39.6 Å². The van der Waals surface area contributed by atoms with E-state index in [2.05, 4.69) is 20.9 Å². The van der Waals surface area contributed by atoms with Gasteiger partial charge >= 0.3 is 0 Å². The van der Waals surface area contributed by atoms with Crippen molar-refractivity contribution in [2.75, 3.05) is 40.4 Å². The quantitative estimate of drug-likeness (QED) is 0.585. The van der Waals surface area contributed by atoms with Crippen molar-refractivity contribution in [2.45, 2.75) is 0 Å². The Morgan fingerprint density at radius 2 is 2.09 bits per heavy atom. The number of thiophene rings is 1. The second-order valence-corrected chi connectivity index (χ2v) is 6.01. The summed E-state index contributed by atoms with van der Waals surface area (Å²) in [6.07, 6.45) is 3.25. The molecule has 2 aromatic rings. The van der Waals surface area contributed by atoms with Crippen molar-refractivity contribution in [2.24, 2.45) is 4.99 Å². The maximum atomic E-state index is 9.37. The fourth-order valence-electron chi connectivity index (χ4n) is 2.31. The maximum absolute atomic E-state index is 9.37. The average Bonchev–Trinajstić information content (AvgIpc) is 2.90. The van der Waals surface area contributed by atoms with E-state index in [4.69, 9.17) is 9.73 Å². The van der Waals surface area contributed by atoms with Crippen LogP contribution in [0.1, 0.15) is 4.88 Å². The van der Waals surface area contributed by atoms with Crippen molar-refractivity contribution < 1.29 is 4.74 Å². The molecule has 22 heavy (non-hydrogen) atoms. The molecule has 0 aliphatic carbocycles. The predicted molar refractivity (Wildman–Crippen MR) is 85.3 cm³/mol. The second-order valence-electron chi connectivity index (χ2n) is 5.01. The molecular weight excluding hydrogens is 300 g/mol. The summed E-state index contributed by atoms with van der Waals surface area (Å²) in [4.78, 5) is 18.7. The maximum Gasteiger partial charge on any atom is 0.201 e. The van der Waals surface area contributed by atoms with E-state index in [1.807, 2.05) is 19.0 Å². The summed E-state index contributed by atoms with van der Waals surface area (Å²) in [6.45, 7) is 2.93. The van der Waals surface area contributed by atoms with Crippen LogP contribution in [0.2, 0.25) is 0 Å². The number of ether oxygens (including phenoxy) is 1. The summed E-state index contributed by atoms with van der Waals surface area (Å²) >= 11 is 1.32. The van der Waals surface area contributed by atoms with Crippen molar-refractivity contribution >= 4 is 33.3 Å². The molecule has 0 aromatic carbocycles. The van der Waals surface area contributed by atoms with E-state index in [9.17, 15) is 5.26 Å². The SMILES string of the molecule is CN(C)C(=Nc1c(C#N)sc2nccnc12)N1CCOCC1. The molecule has 8 heteroatoms. The van der Waals surface area contributed by atoms with Gasteiger partial charge in [-0.25, -0.2) is 15.0 Å². The Bertz CT molecular complexity index is 741. The molecule has 7 nitrogen and oxygen atoms in total. The van der Waals surface area contributed by atoms with Crippen LogP contribution >= 0.6 is 11.3 Å². The number of rotatable bonds is 1. The molecule has 0 radical (unpaired) electrons. The number of hydrogen-bond donors (Lipinski definition) is 0. The van der Waals surface area contributed by atoms with Crippen LogP contribution in [0.25, 0.3) is 10.3 Å². The van der Waals surface area contributed by atoms with E-state index >= 15 is 0 Å². The van der Waals surface area contributed by atoms with Crippen molar-refractivity contribution in [1.82, 2.24) is 19.8 Å². The molecule has 3 rings (SSSR count). The molecule has 1 aliphatic rings. The standard InChI is InChI=1S/C14H16N6OS/c1-19(2)14(20-5-7-21-8-6-20)18-11-10(9-15)22-13-12(11)16-3-4-17-13/h3-4H,5-8H2,1-2H3. The van der Waals surface area contributed by atoms with Gasteiger partial charge in [0.25, 0.3) is 0 Å². The summed E-state index contributed by atoms with van der Waals surface area (Å²) in [5.41, 5.74) is 1.28. The lowest BCUT2D eigenvalue weighted by Crippen LogP contribution is -2.46. The zero-order chi connectivity index (χ0) is 15.5. The number of fused-ring (bicyclic) bond motifs is 1. The van der Waals surface area contributed by atoms with Gasteiger partial charge in [0.2, 0.25) is 5.96 Å². The lowest BCUT2D eigenvalue weighted by Gasteiger charge is -2.32. The third-order valence-corrected chi connectivity index (χ3v) is 4.29. The molecule has 1 saturated heterocycles. The molecule has 114 valence electrons. The lowest BCUT2D eigenvalue weighted by molar-refractivity contribution is 0.0638. The van der Waals surface area contributed by atoms with E-state index < -0.39 is 0 Å². The van der Waals surface area contributed by atoms with Crippen molar-refractivity contribution in [3.63, 3.8) is 0 Å². The van der Waals surface area contributed by atoms with Gasteiger partial charge in [-0.1, -0.05) is 0 Å². The minimum Gasteiger partial charge on any atom is -0.378 e. The second kappa shape index (κ2) is 6.25. The Morgan fingerprint density at radius 3 is 2.77 bits per heavy atom. The highest BCUT2D eigenvalue weighted by molar-refractivity contribution is 7.19. The number of nitrogens with zero attached hydrogens (tertiary/aromatic N) is 6. The van der Waals surface area contributed by atoms with Crippen LogP contribution in [-0.4, -0.2) is 66.1 Å². The molecule has 0 saturated carbocycles. The summed E-state index contributed by atoms with van der Waals surface area (Å²) in [6, 6.07) is 2.20. The summed E-state index contributed by atoms with van der Waals surface area (Å²) < 4.78 is 5.39. The first-order valence-corrected chi connectivity index (χ1v) is 7.74. The Labute approximate surface area is 132 Å². The minimum absolute atomic E-state index is 0.536. The molecular formula is C14H16N6OS. The van der Waals surface area contributed by atoms with Gasteiger partial charge in [0.15, 0.2) is 0 Å². The smallest absolute Gasteiger partial charge is 0.201 e. The van der Waals surface area contributed by atoms with Crippen molar-refractivity contribution in [3.05, 3.63) is 17.3 Å². The van der Waals surface area contributed by atoms with Crippen LogP contribution in [0.4, 0.5) is 5.69 Å². The van der Waals surface area contributed by atoms with Gasteiger partial charge in [0.05, 0.1) is 13.2 Å². The van der Waals surface area contributed by atoms with Crippen molar-refractivity contribution in [1.29, 1.82) is 5.26 Å². The van der Waals surface area contributed by atoms with Crippen LogP contribution in [0.15, 0.2) is 17.4 Å². The molecule has 2 aromatic heterocycles. The molecule has 0 atom stereocenters. The van der Waals surface area contributed by atoms with E-state index in [0.29, 0.717) is 29.3 Å².